The van der Waals surface area contributed by atoms with Gasteiger partial charge < -0.3 is 9.88 Å². The van der Waals surface area contributed by atoms with Crippen LogP contribution in [0.2, 0.25) is 0 Å². The zero-order chi connectivity index (χ0) is 19.4. The topological polar surface area (TPSA) is 81.1 Å². The lowest BCUT2D eigenvalue weighted by atomic mass is 10.2. The van der Waals surface area contributed by atoms with Crippen LogP contribution in [0.15, 0.2) is 59.8 Å². The highest BCUT2D eigenvalue weighted by molar-refractivity contribution is 7.91. The molecule has 0 radical (unpaired) electrons. The first kappa shape index (κ1) is 19.0. The van der Waals surface area contributed by atoms with Gasteiger partial charge in [0.05, 0.1) is 22.3 Å². The molecular formula is C18H17F2N3O3S. The Kier molecular flexibility index (Phi) is 5.50. The SMILES string of the molecule is O=C(NCCCn1cnc2ccccc21)c1ccc(S(=O)(=O)C(F)F)cc1. The number of alkyl halides is 2. The molecule has 0 bridgehead atoms. The number of aryl methyl sites for hydroxylation is 1. The van der Waals surface area contributed by atoms with Gasteiger partial charge in [0.25, 0.3) is 5.91 Å². The Balaban J connectivity index is 1.54. The van der Waals surface area contributed by atoms with Crippen molar-refractivity contribution in [1.82, 2.24) is 14.9 Å². The van der Waals surface area contributed by atoms with Crippen LogP contribution >= 0.6 is 0 Å². The quantitative estimate of drug-likeness (QED) is 0.626. The Bertz CT molecular complexity index is 1050. The molecule has 6 nitrogen and oxygen atoms in total. The number of imidazole rings is 1. The zero-order valence-electron chi connectivity index (χ0n) is 14.2. The molecule has 0 atom stereocenters. The minimum atomic E-state index is -4.66. The minimum Gasteiger partial charge on any atom is -0.352 e. The molecule has 0 saturated heterocycles. The van der Waals surface area contributed by atoms with Crippen LogP contribution in [-0.4, -0.2) is 36.2 Å². The van der Waals surface area contributed by atoms with Gasteiger partial charge in [0.1, 0.15) is 0 Å². The molecule has 0 saturated carbocycles. The molecule has 142 valence electrons. The second kappa shape index (κ2) is 7.83. The second-order valence-electron chi connectivity index (χ2n) is 5.87. The maximum Gasteiger partial charge on any atom is 0.341 e. The molecule has 0 aliphatic rings. The average molecular weight is 393 g/mol. The fourth-order valence-corrected chi connectivity index (χ4v) is 3.36. The summed E-state index contributed by atoms with van der Waals surface area (Å²) in [7, 11) is -4.66. The number of amides is 1. The third-order valence-corrected chi connectivity index (χ3v) is 5.47. The summed E-state index contributed by atoms with van der Waals surface area (Å²) in [5, 5.41) is 2.72. The molecule has 1 amide bonds. The Labute approximate surface area is 154 Å². The predicted molar refractivity (Wildman–Crippen MR) is 96.3 cm³/mol. The van der Waals surface area contributed by atoms with Gasteiger partial charge in [0.2, 0.25) is 9.84 Å². The molecule has 1 aromatic heterocycles. The highest BCUT2D eigenvalue weighted by Crippen LogP contribution is 2.18. The van der Waals surface area contributed by atoms with Gasteiger partial charge in [-0.25, -0.2) is 13.4 Å². The van der Waals surface area contributed by atoms with E-state index in [2.05, 4.69) is 10.3 Å². The van der Waals surface area contributed by atoms with E-state index in [-0.39, 0.29) is 5.56 Å². The fourth-order valence-electron chi connectivity index (χ4n) is 2.64. The van der Waals surface area contributed by atoms with E-state index in [4.69, 9.17) is 0 Å². The first-order chi connectivity index (χ1) is 12.9. The summed E-state index contributed by atoms with van der Waals surface area (Å²) in [6, 6.07) is 12.2. The average Bonchev–Trinajstić information content (AvgIpc) is 3.08. The first-order valence-electron chi connectivity index (χ1n) is 8.20. The molecule has 9 heteroatoms. The van der Waals surface area contributed by atoms with Crippen LogP contribution in [0.4, 0.5) is 8.78 Å². The van der Waals surface area contributed by atoms with Crippen LogP contribution in [0.3, 0.4) is 0 Å². The van der Waals surface area contributed by atoms with Crippen molar-refractivity contribution >= 4 is 26.8 Å². The Hall–Kier alpha value is -2.81. The molecule has 27 heavy (non-hydrogen) atoms. The van der Waals surface area contributed by atoms with E-state index in [0.717, 1.165) is 23.2 Å². The molecule has 0 fully saturated rings. The fraction of sp³-hybridized carbons (Fsp3) is 0.222. The van der Waals surface area contributed by atoms with Gasteiger partial charge in [-0.05, 0) is 42.8 Å². The molecule has 3 rings (SSSR count). The minimum absolute atomic E-state index is 0.205. The van der Waals surface area contributed by atoms with Crippen molar-refractivity contribution in [3.8, 4) is 0 Å². The van der Waals surface area contributed by atoms with Crippen molar-refractivity contribution in [2.24, 2.45) is 0 Å². The number of fused-ring (bicyclic) bond motifs is 1. The van der Waals surface area contributed by atoms with Crippen LogP contribution < -0.4 is 5.32 Å². The number of sulfone groups is 1. The van der Waals surface area contributed by atoms with Gasteiger partial charge in [0, 0.05) is 18.7 Å². The maximum absolute atomic E-state index is 12.5. The van der Waals surface area contributed by atoms with E-state index in [1.807, 2.05) is 28.8 Å². The number of hydrogen-bond acceptors (Lipinski definition) is 4. The van der Waals surface area contributed by atoms with E-state index >= 15 is 0 Å². The summed E-state index contributed by atoms with van der Waals surface area (Å²) in [6.07, 6.45) is 2.42. The molecule has 3 aromatic rings. The number of carbonyl (C=O) groups is 1. The summed E-state index contributed by atoms with van der Waals surface area (Å²) in [5.41, 5.74) is 2.12. The lowest BCUT2D eigenvalue weighted by Crippen LogP contribution is -2.25. The van der Waals surface area contributed by atoms with Crippen molar-refractivity contribution in [2.45, 2.75) is 23.6 Å². The van der Waals surface area contributed by atoms with Crippen molar-refractivity contribution in [3.05, 3.63) is 60.4 Å². The molecule has 0 aliphatic carbocycles. The number of carbonyl (C=O) groups excluding carboxylic acids is 1. The summed E-state index contributed by atoms with van der Waals surface area (Å²) in [5.74, 6) is -3.89. The highest BCUT2D eigenvalue weighted by Gasteiger charge is 2.26. The van der Waals surface area contributed by atoms with Crippen LogP contribution in [0.5, 0.6) is 0 Å². The Morgan fingerprint density at radius 3 is 2.52 bits per heavy atom. The highest BCUT2D eigenvalue weighted by atomic mass is 32.2. The van der Waals surface area contributed by atoms with Gasteiger partial charge in [-0.1, -0.05) is 12.1 Å². The van der Waals surface area contributed by atoms with Gasteiger partial charge in [-0.15, -0.1) is 0 Å². The number of nitrogens with zero attached hydrogens (tertiary/aromatic N) is 2. The van der Waals surface area contributed by atoms with Gasteiger partial charge in [-0.3, -0.25) is 4.79 Å². The van der Waals surface area contributed by atoms with Crippen LogP contribution in [0.1, 0.15) is 16.8 Å². The Morgan fingerprint density at radius 2 is 1.81 bits per heavy atom. The van der Waals surface area contributed by atoms with Crippen molar-refractivity contribution in [3.63, 3.8) is 0 Å². The van der Waals surface area contributed by atoms with Crippen molar-refractivity contribution < 1.29 is 22.0 Å². The summed E-state index contributed by atoms with van der Waals surface area (Å²) < 4.78 is 49.7. The maximum atomic E-state index is 12.5. The number of hydrogen-bond donors (Lipinski definition) is 1. The van der Waals surface area contributed by atoms with E-state index in [9.17, 15) is 22.0 Å². The zero-order valence-corrected chi connectivity index (χ0v) is 15.0. The molecule has 2 aromatic carbocycles. The molecule has 1 heterocycles. The molecule has 0 unspecified atom stereocenters. The normalized spacial score (nSPS) is 11.8. The monoisotopic (exact) mass is 393 g/mol. The van der Waals surface area contributed by atoms with Crippen molar-refractivity contribution in [1.29, 1.82) is 0 Å². The third-order valence-electron chi connectivity index (χ3n) is 4.07. The number of rotatable bonds is 7. The second-order valence-corrected chi connectivity index (χ2v) is 7.78. The first-order valence-corrected chi connectivity index (χ1v) is 9.74. The smallest absolute Gasteiger partial charge is 0.341 e. The lowest BCUT2D eigenvalue weighted by molar-refractivity contribution is 0.0952. The number of para-hydroxylation sites is 2. The number of halogens is 2. The lowest BCUT2D eigenvalue weighted by Gasteiger charge is -2.08. The third kappa shape index (κ3) is 4.13. The van der Waals surface area contributed by atoms with Crippen LogP contribution in [-0.2, 0) is 16.4 Å². The molecular weight excluding hydrogens is 376 g/mol. The van der Waals surface area contributed by atoms with Crippen LogP contribution in [0.25, 0.3) is 11.0 Å². The van der Waals surface area contributed by atoms with Crippen LogP contribution in [0, 0.1) is 0 Å². The van der Waals surface area contributed by atoms with Gasteiger partial charge in [-0.2, -0.15) is 8.78 Å². The predicted octanol–water partition coefficient (Wildman–Crippen LogP) is 2.85. The van der Waals surface area contributed by atoms with Gasteiger partial charge in [0.15, 0.2) is 0 Å². The molecule has 0 aliphatic heterocycles. The molecule has 1 N–H and O–H groups in total. The number of nitrogens with one attached hydrogen (secondary N) is 1. The number of benzene rings is 2. The summed E-state index contributed by atoms with van der Waals surface area (Å²) in [4.78, 5) is 15.9. The summed E-state index contributed by atoms with van der Waals surface area (Å²) in [6.45, 7) is 1.08. The van der Waals surface area contributed by atoms with Crippen molar-refractivity contribution in [2.75, 3.05) is 6.54 Å². The van der Waals surface area contributed by atoms with E-state index in [1.165, 1.54) is 12.1 Å². The van der Waals surface area contributed by atoms with Gasteiger partial charge >= 0.3 is 5.76 Å². The van der Waals surface area contributed by atoms with E-state index in [0.29, 0.717) is 19.5 Å². The van der Waals surface area contributed by atoms with E-state index < -0.39 is 26.4 Å². The largest absolute Gasteiger partial charge is 0.352 e. The Morgan fingerprint density at radius 1 is 1.11 bits per heavy atom. The molecule has 0 spiro atoms. The summed E-state index contributed by atoms with van der Waals surface area (Å²) >= 11 is 0. The number of aromatic nitrogens is 2. The van der Waals surface area contributed by atoms with E-state index in [1.54, 1.807) is 6.33 Å². The standard InChI is InChI=1S/C18H17F2N3O3S/c19-18(20)27(25,26)14-8-6-13(7-9-14)17(24)21-10-3-11-23-12-22-15-4-1-2-5-16(15)23/h1-2,4-9,12,18H,3,10-11H2,(H,21,24).